The van der Waals surface area contributed by atoms with Crippen LogP contribution < -0.4 is 10.6 Å². The number of carbonyl (C=O) groups excluding carboxylic acids is 2. The second-order valence-electron chi connectivity index (χ2n) is 4.33. The van der Waals surface area contributed by atoms with Gasteiger partial charge in [0.25, 0.3) is 0 Å². The Bertz CT molecular complexity index is 448. The molecular formula is C14H20N2O3S. The molecule has 110 valence electrons. The number of carbonyl (C=O) groups is 2. The average molecular weight is 296 g/mol. The lowest BCUT2D eigenvalue weighted by Crippen LogP contribution is -2.31. The highest BCUT2D eigenvalue weighted by atomic mass is 32.2. The highest BCUT2D eigenvalue weighted by molar-refractivity contribution is 8.00. The molecule has 1 unspecified atom stereocenters. The van der Waals surface area contributed by atoms with Gasteiger partial charge in [0.05, 0.1) is 5.25 Å². The molecule has 0 heterocycles. The van der Waals surface area contributed by atoms with E-state index in [0.29, 0.717) is 13.0 Å². The maximum absolute atomic E-state index is 11.8. The molecule has 1 aromatic carbocycles. The van der Waals surface area contributed by atoms with Gasteiger partial charge in [0.2, 0.25) is 11.8 Å². The number of thioether (sulfide) groups is 1. The topological polar surface area (TPSA) is 78.4 Å². The first-order chi connectivity index (χ1) is 9.52. The SMILES string of the molecule is CC(=O)Nc1ccc(SC(C)C(=O)NCCCO)cc1. The van der Waals surface area contributed by atoms with Gasteiger partial charge in [-0.25, -0.2) is 0 Å². The fourth-order valence-corrected chi connectivity index (χ4v) is 2.40. The largest absolute Gasteiger partial charge is 0.396 e. The summed E-state index contributed by atoms with van der Waals surface area (Å²) in [7, 11) is 0. The smallest absolute Gasteiger partial charge is 0.233 e. The fraction of sp³-hybridized carbons (Fsp3) is 0.429. The first-order valence-corrected chi connectivity index (χ1v) is 7.33. The van der Waals surface area contributed by atoms with Crippen molar-refractivity contribution in [2.45, 2.75) is 30.4 Å². The molecule has 0 radical (unpaired) electrons. The van der Waals surface area contributed by atoms with Gasteiger partial charge < -0.3 is 15.7 Å². The summed E-state index contributed by atoms with van der Waals surface area (Å²) in [5, 5.41) is 13.9. The van der Waals surface area contributed by atoms with E-state index < -0.39 is 0 Å². The number of aliphatic hydroxyl groups is 1. The van der Waals surface area contributed by atoms with E-state index in [9.17, 15) is 9.59 Å². The van der Waals surface area contributed by atoms with Gasteiger partial charge in [0.1, 0.15) is 0 Å². The van der Waals surface area contributed by atoms with E-state index in [1.165, 1.54) is 18.7 Å². The highest BCUT2D eigenvalue weighted by Crippen LogP contribution is 2.24. The molecule has 0 aliphatic heterocycles. The molecule has 1 rings (SSSR count). The predicted octanol–water partition coefficient (Wildman–Crippen LogP) is 1.62. The zero-order chi connectivity index (χ0) is 15.0. The fourth-order valence-electron chi connectivity index (χ4n) is 1.51. The molecule has 3 N–H and O–H groups in total. The van der Waals surface area contributed by atoms with Crippen molar-refractivity contribution in [3.8, 4) is 0 Å². The summed E-state index contributed by atoms with van der Waals surface area (Å²) in [6.07, 6.45) is 0.564. The number of hydrogen-bond donors (Lipinski definition) is 3. The van der Waals surface area contributed by atoms with E-state index in [2.05, 4.69) is 10.6 Å². The number of benzene rings is 1. The summed E-state index contributed by atoms with van der Waals surface area (Å²) in [6.45, 7) is 3.86. The minimum Gasteiger partial charge on any atom is -0.396 e. The molecule has 0 saturated carbocycles. The number of anilines is 1. The Morgan fingerprint density at radius 3 is 2.50 bits per heavy atom. The molecule has 5 nitrogen and oxygen atoms in total. The van der Waals surface area contributed by atoms with Gasteiger partial charge in [-0.2, -0.15) is 0 Å². The molecule has 2 amide bonds. The van der Waals surface area contributed by atoms with Crippen molar-refractivity contribution in [1.82, 2.24) is 5.32 Å². The van der Waals surface area contributed by atoms with Crippen LogP contribution in [0.3, 0.4) is 0 Å². The summed E-state index contributed by atoms with van der Waals surface area (Å²) in [5.74, 6) is -0.156. The van der Waals surface area contributed by atoms with Gasteiger partial charge in [0.15, 0.2) is 0 Å². The molecule has 0 spiro atoms. The minimum absolute atomic E-state index is 0.0469. The summed E-state index contributed by atoms with van der Waals surface area (Å²) >= 11 is 1.45. The van der Waals surface area contributed by atoms with Crippen molar-refractivity contribution >= 4 is 29.3 Å². The first kappa shape index (κ1) is 16.5. The van der Waals surface area contributed by atoms with E-state index in [1.54, 1.807) is 12.1 Å². The Morgan fingerprint density at radius 1 is 1.30 bits per heavy atom. The van der Waals surface area contributed by atoms with Crippen LogP contribution >= 0.6 is 11.8 Å². The normalized spacial score (nSPS) is 11.8. The molecule has 1 aromatic rings. The van der Waals surface area contributed by atoms with Gasteiger partial charge in [-0.3, -0.25) is 9.59 Å². The number of amides is 2. The van der Waals surface area contributed by atoms with Gasteiger partial charge in [-0.1, -0.05) is 0 Å². The molecule has 0 saturated heterocycles. The van der Waals surface area contributed by atoms with Crippen LogP contribution in [0.2, 0.25) is 0 Å². The lowest BCUT2D eigenvalue weighted by Gasteiger charge is -2.12. The van der Waals surface area contributed by atoms with Gasteiger partial charge in [0, 0.05) is 30.7 Å². The van der Waals surface area contributed by atoms with Crippen molar-refractivity contribution in [3.63, 3.8) is 0 Å². The Morgan fingerprint density at radius 2 is 1.95 bits per heavy atom. The zero-order valence-electron chi connectivity index (χ0n) is 11.7. The van der Waals surface area contributed by atoms with Crippen molar-refractivity contribution in [3.05, 3.63) is 24.3 Å². The van der Waals surface area contributed by atoms with Crippen LogP contribution in [-0.2, 0) is 9.59 Å². The molecule has 20 heavy (non-hydrogen) atoms. The van der Waals surface area contributed by atoms with E-state index >= 15 is 0 Å². The summed E-state index contributed by atoms with van der Waals surface area (Å²) < 4.78 is 0. The van der Waals surface area contributed by atoms with Crippen LogP contribution in [-0.4, -0.2) is 35.3 Å². The van der Waals surface area contributed by atoms with Crippen LogP contribution in [0.1, 0.15) is 20.3 Å². The molecule has 1 atom stereocenters. The lowest BCUT2D eigenvalue weighted by molar-refractivity contribution is -0.120. The predicted molar refractivity (Wildman–Crippen MR) is 80.8 cm³/mol. The van der Waals surface area contributed by atoms with Crippen molar-refractivity contribution < 1.29 is 14.7 Å². The Balaban J connectivity index is 2.47. The van der Waals surface area contributed by atoms with Crippen LogP contribution in [0, 0.1) is 0 Å². The van der Waals surface area contributed by atoms with Crippen LogP contribution in [0.5, 0.6) is 0 Å². The van der Waals surface area contributed by atoms with E-state index in [0.717, 1.165) is 10.6 Å². The molecule has 0 aromatic heterocycles. The van der Waals surface area contributed by atoms with E-state index in [4.69, 9.17) is 5.11 Å². The third-order valence-corrected chi connectivity index (χ3v) is 3.60. The van der Waals surface area contributed by atoms with Crippen molar-refractivity contribution in [2.24, 2.45) is 0 Å². The van der Waals surface area contributed by atoms with Crippen LogP contribution in [0.15, 0.2) is 29.2 Å². The van der Waals surface area contributed by atoms with E-state index in [-0.39, 0.29) is 23.7 Å². The monoisotopic (exact) mass is 296 g/mol. The Kier molecular flexibility index (Phi) is 7.11. The standard InChI is InChI=1S/C14H20N2O3S/c1-10(14(19)15-8-3-9-17)20-13-6-4-12(5-7-13)16-11(2)18/h4-7,10,17H,3,8-9H2,1-2H3,(H,15,19)(H,16,18). The van der Waals surface area contributed by atoms with Gasteiger partial charge >= 0.3 is 0 Å². The number of hydrogen-bond acceptors (Lipinski definition) is 4. The van der Waals surface area contributed by atoms with Gasteiger partial charge in [-0.05, 0) is 37.6 Å². The van der Waals surface area contributed by atoms with Crippen LogP contribution in [0.25, 0.3) is 0 Å². The minimum atomic E-state index is -0.208. The molecule has 6 heteroatoms. The third-order valence-electron chi connectivity index (χ3n) is 2.49. The average Bonchev–Trinajstić information content (AvgIpc) is 2.40. The third kappa shape index (κ3) is 6.08. The highest BCUT2D eigenvalue weighted by Gasteiger charge is 2.13. The summed E-state index contributed by atoms with van der Waals surface area (Å²) in [6, 6.07) is 7.35. The second kappa shape index (κ2) is 8.60. The molecule has 0 aliphatic rings. The maximum Gasteiger partial charge on any atom is 0.233 e. The molecular weight excluding hydrogens is 276 g/mol. The Hall–Kier alpha value is -1.53. The first-order valence-electron chi connectivity index (χ1n) is 6.46. The Labute approximate surface area is 123 Å². The molecule has 0 bridgehead atoms. The van der Waals surface area contributed by atoms with Crippen molar-refractivity contribution in [2.75, 3.05) is 18.5 Å². The zero-order valence-corrected chi connectivity index (χ0v) is 12.5. The van der Waals surface area contributed by atoms with E-state index in [1.807, 2.05) is 19.1 Å². The van der Waals surface area contributed by atoms with Crippen LogP contribution in [0.4, 0.5) is 5.69 Å². The van der Waals surface area contributed by atoms with Gasteiger partial charge in [-0.15, -0.1) is 11.8 Å². The number of aliphatic hydroxyl groups excluding tert-OH is 1. The summed E-state index contributed by atoms with van der Waals surface area (Å²) in [4.78, 5) is 23.6. The number of nitrogens with one attached hydrogen (secondary N) is 2. The molecule has 0 aliphatic carbocycles. The quantitative estimate of drug-likeness (QED) is 0.528. The molecule has 0 fully saturated rings. The second-order valence-corrected chi connectivity index (χ2v) is 5.75. The number of rotatable bonds is 7. The lowest BCUT2D eigenvalue weighted by atomic mass is 10.3. The maximum atomic E-state index is 11.8. The summed E-state index contributed by atoms with van der Waals surface area (Å²) in [5.41, 5.74) is 0.738. The van der Waals surface area contributed by atoms with Crippen molar-refractivity contribution in [1.29, 1.82) is 0 Å².